The lowest BCUT2D eigenvalue weighted by atomic mass is 9.99. The summed E-state index contributed by atoms with van der Waals surface area (Å²) in [5.41, 5.74) is 3.18. The summed E-state index contributed by atoms with van der Waals surface area (Å²) in [5, 5.41) is 0. The fourth-order valence-electron chi connectivity index (χ4n) is 4.92. The molecule has 0 radical (unpaired) electrons. The Morgan fingerprint density at radius 2 is 1.93 bits per heavy atom. The molecule has 0 saturated carbocycles. The second-order valence-electron chi connectivity index (χ2n) is 8.31. The number of nitrogens with zero attached hydrogens (tertiary/aromatic N) is 2. The summed E-state index contributed by atoms with van der Waals surface area (Å²) in [6.45, 7) is 5.54. The molecule has 2 aliphatic rings. The molecular weight excluding hydrogens is 378 g/mol. The Balaban J connectivity index is 1.23. The zero-order valence-corrected chi connectivity index (χ0v) is 17.5. The Bertz CT molecular complexity index is 1080. The molecule has 5 rings (SSSR count). The highest BCUT2D eigenvalue weighted by molar-refractivity contribution is 5.75. The van der Waals surface area contributed by atoms with E-state index in [1.54, 1.807) is 0 Å². The minimum Gasteiger partial charge on any atom is -0.490 e. The van der Waals surface area contributed by atoms with Crippen molar-refractivity contribution in [3.05, 3.63) is 58.5 Å². The van der Waals surface area contributed by atoms with Gasteiger partial charge in [0.15, 0.2) is 11.5 Å². The average Bonchev–Trinajstić information content (AvgIpc) is 3.11. The first-order valence-electron chi connectivity index (χ1n) is 11.1. The summed E-state index contributed by atoms with van der Waals surface area (Å²) in [6, 6.07) is 14.4. The van der Waals surface area contributed by atoms with E-state index < -0.39 is 0 Å². The van der Waals surface area contributed by atoms with Crippen LogP contribution in [0.2, 0.25) is 0 Å². The van der Waals surface area contributed by atoms with Crippen LogP contribution in [0.4, 0.5) is 0 Å². The van der Waals surface area contributed by atoms with Crippen LogP contribution in [0.15, 0.2) is 47.3 Å². The molecule has 158 valence electrons. The predicted molar refractivity (Wildman–Crippen MR) is 118 cm³/mol. The van der Waals surface area contributed by atoms with Gasteiger partial charge in [0.05, 0.1) is 17.6 Å². The number of hydrogen-bond acceptors (Lipinski definition) is 4. The third kappa shape index (κ3) is 3.60. The highest BCUT2D eigenvalue weighted by atomic mass is 16.5. The van der Waals surface area contributed by atoms with Crippen LogP contribution in [-0.2, 0) is 6.42 Å². The molecule has 0 spiro atoms. The third-order valence-corrected chi connectivity index (χ3v) is 6.39. The molecule has 1 saturated heterocycles. The number of H-pyrrole nitrogens is 1. The second kappa shape index (κ2) is 8.19. The van der Waals surface area contributed by atoms with Gasteiger partial charge in [-0.25, -0.2) is 4.79 Å². The van der Waals surface area contributed by atoms with Crippen LogP contribution in [-0.4, -0.2) is 46.8 Å². The molecule has 0 bridgehead atoms. The number of fused-ring (bicyclic) bond motifs is 2. The third-order valence-electron chi connectivity index (χ3n) is 6.39. The van der Waals surface area contributed by atoms with Crippen molar-refractivity contribution in [3.63, 3.8) is 0 Å². The highest BCUT2D eigenvalue weighted by Crippen LogP contribution is 2.37. The van der Waals surface area contributed by atoms with Crippen molar-refractivity contribution in [1.29, 1.82) is 0 Å². The molecule has 6 nitrogen and oxygen atoms in total. The normalized spacial score (nSPS) is 20.1. The lowest BCUT2D eigenvalue weighted by Crippen LogP contribution is -2.43. The first-order chi connectivity index (χ1) is 14.7. The largest absolute Gasteiger partial charge is 0.490 e. The minimum absolute atomic E-state index is 0.00493. The van der Waals surface area contributed by atoms with Crippen LogP contribution in [0, 0.1) is 0 Å². The molecule has 3 aromatic rings. The lowest BCUT2D eigenvalue weighted by Gasteiger charge is -2.36. The average molecular weight is 408 g/mol. The fraction of sp³-hybridized carbons (Fsp3) is 0.458. The smallest absolute Gasteiger partial charge is 0.326 e. The van der Waals surface area contributed by atoms with E-state index in [0.29, 0.717) is 6.61 Å². The minimum atomic E-state index is 0.00493. The van der Waals surface area contributed by atoms with Gasteiger partial charge >= 0.3 is 5.69 Å². The van der Waals surface area contributed by atoms with Crippen molar-refractivity contribution in [2.75, 3.05) is 26.2 Å². The molecule has 3 heterocycles. The SMILES string of the molecule is CCOc1cccc2c1OC(CN1CCC(n3c(=O)[nH]c4ccccc43)CC1)CC2. The molecule has 1 atom stereocenters. The molecule has 6 heteroatoms. The van der Waals surface area contributed by atoms with E-state index >= 15 is 0 Å². The standard InChI is InChI=1S/C24H29N3O3/c1-2-29-22-9-5-6-17-10-11-19(30-23(17)22)16-26-14-12-18(13-15-26)27-21-8-4-3-7-20(21)25-24(27)28/h3-9,18-19H,2,10-16H2,1H3,(H,25,28). The van der Waals surface area contributed by atoms with Crippen molar-refractivity contribution in [2.45, 2.75) is 44.8 Å². The number of nitrogens with one attached hydrogen (secondary N) is 1. The molecule has 1 fully saturated rings. The van der Waals surface area contributed by atoms with Gasteiger partial charge in [-0.15, -0.1) is 0 Å². The molecular formula is C24H29N3O3. The van der Waals surface area contributed by atoms with Crippen LogP contribution >= 0.6 is 0 Å². The van der Waals surface area contributed by atoms with Gasteiger partial charge in [0, 0.05) is 25.7 Å². The molecule has 0 amide bonds. The molecule has 1 aromatic heterocycles. The Kier molecular flexibility index (Phi) is 5.25. The van der Waals surface area contributed by atoms with Gasteiger partial charge in [-0.05, 0) is 56.4 Å². The predicted octanol–water partition coefficient (Wildman–Crippen LogP) is 3.76. The zero-order valence-electron chi connectivity index (χ0n) is 17.5. The summed E-state index contributed by atoms with van der Waals surface area (Å²) in [4.78, 5) is 18.0. The molecule has 2 aromatic carbocycles. The molecule has 1 unspecified atom stereocenters. The van der Waals surface area contributed by atoms with Gasteiger partial charge in [0.2, 0.25) is 0 Å². The van der Waals surface area contributed by atoms with Gasteiger partial charge in [-0.2, -0.15) is 0 Å². The maximum absolute atomic E-state index is 12.5. The summed E-state index contributed by atoms with van der Waals surface area (Å²) in [5.74, 6) is 1.79. The maximum atomic E-state index is 12.5. The topological polar surface area (TPSA) is 59.5 Å². The Morgan fingerprint density at radius 3 is 2.77 bits per heavy atom. The first-order valence-corrected chi connectivity index (χ1v) is 11.1. The summed E-state index contributed by atoms with van der Waals surface area (Å²) >= 11 is 0. The van der Waals surface area contributed by atoms with E-state index in [1.165, 1.54) is 5.56 Å². The number of benzene rings is 2. The number of aryl methyl sites for hydroxylation is 1. The number of hydrogen-bond donors (Lipinski definition) is 1. The number of para-hydroxylation sites is 3. The number of ether oxygens (including phenoxy) is 2. The van der Waals surface area contributed by atoms with Crippen LogP contribution in [0.3, 0.4) is 0 Å². The second-order valence-corrected chi connectivity index (χ2v) is 8.31. The Hall–Kier alpha value is -2.73. The van der Waals surface area contributed by atoms with Crippen LogP contribution in [0.1, 0.15) is 37.8 Å². The van der Waals surface area contributed by atoms with E-state index in [1.807, 2.05) is 47.9 Å². The summed E-state index contributed by atoms with van der Waals surface area (Å²) < 4.78 is 14.1. The lowest BCUT2D eigenvalue weighted by molar-refractivity contribution is 0.0894. The van der Waals surface area contributed by atoms with Gasteiger partial charge in [-0.1, -0.05) is 24.3 Å². The van der Waals surface area contributed by atoms with E-state index in [0.717, 1.165) is 67.8 Å². The first kappa shape index (κ1) is 19.2. The quantitative estimate of drug-likeness (QED) is 0.700. The van der Waals surface area contributed by atoms with Crippen molar-refractivity contribution < 1.29 is 9.47 Å². The summed E-state index contributed by atoms with van der Waals surface area (Å²) in [6.07, 6.45) is 4.21. The van der Waals surface area contributed by atoms with Gasteiger partial charge in [0.1, 0.15) is 6.10 Å². The number of piperidine rings is 1. The van der Waals surface area contributed by atoms with E-state index in [9.17, 15) is 4.79 Å². The van der Waals surface area contributed by atoms with E-state index in [2.05, 4.69) is 16.0 Å². The van der Waals surface area contributed by atoms with Crippen molar-refractivity contribution >= 4 is 11.0 Å². The van der Waals surface area contributed by atoms with E-state index in [4.69, 9.17) is 9.47 Å². The number of aromatic nitrogens is 2. The number of rotatable bonds is 5. The number of aromatic amines is 1. The molecule has 0 aliphatic carbocycles. The van der Waals surface area contributed by atoms with Crippen LogP contribution in [0.25, 0.3) is 11.0 Å². The summed E-state index contributed by atoms with van der Waals surface area (Å²) in [7, 11) is 0. The number of imidazole rings is 1. The Labute approximate surface area is 176 Å². The Morgan fingerprint density at radius 1 is 1.10 bits per heavy atom. The van der Waals surface area contributed by atoms with Crippen molar-refractivity contribution in [1.82, 2.24) is 14.5 Å². The van der Waals surface area contributed by atoms with E-state index in [-0.39, 0.29) is 17.8 Å². The van der Waals surface area contributed by atoms with Gasteiger partial charge in [-0.3, -0.25) is 9.47 Å². The highest BCUT2D eigenvalue weighted by Gasteiger charge is 2.28. The van der Waals surface area contributed by atoms with Crippen molar-refractivity contribution in [3.8, 4) is 11.5 Å². The molecule has 1 N–H and O–H groups in total. The van der Waals surface area contributed by atoms with Crippen molar-refractivity contribution in [2.24, 2.45) is 0 Å². The monoisotopic (exact) mass is 407 g/mol. The maximum Gasteiger partial charge on any atom is 0.326 e. The molecule has 2 aliphatic heterocycles. The van der Waals surface area contributed by atoms with Gasteiger partial charge in [0.25, 0.3) is 0 Å². The van der Waals surface area contributed by atoms with Crippen LogP contribution < -0.4 is 15.2 Å². The fourth-order valence-corrected chi connectivity index (χ4v) is 4.92. The number of likely N-dealkylation sites (tertiary alicyclic amines) is 1. The zero-order chi connectivity index (χ0) is 20.5. The molecule has 30 heavy (non-hydrogen) atoms. The van der Waals surface area contributed by atoms with Crippen LogP contribution in [0.5, 0.6) is 11.5 Å². The van der Waals surface area contributed by atoms with Gasteiger partial charge < -0.3 is 14.5 Å².